The Balaban J connectivity index is 2.57. The lowest BCUT2D eigenvalue weighted by atomic mass is 10.3. The van der Waals surface area contributed by atoms with Crippen molar-refractivity contribution in [3.63, 3.8) is 0 Å². The molecule has 1 rings (SSSR count). The molecule has 76 valence electrons. The molecule has 1 aliphatic heterocycles. The van der Waals surface area contributed by atoms with Crippen LogP contribution in [0.5, 0.6) is 0 Å². The van der Waals surface area contributed by atoms with Gasteiger partial charge >= 0.3 is 0 Å². The SMILES string of the molecule is N=C1C(N)CN(CCO)N1CCO. The lowest BCUT2D eigenvalue weighted by molar-refractivity contribution is 0.0404. The number of hydrogen-bond donors (Lipinski definition) is 4. The molecule has 1 aliphatic rings. The van der Waals surface area contributed by atoms with Gasteiger partial charge in [-0.15, -0.1) is 0 Å². The quantitative estimate of drug-likeness (QED) is 0.402. The first-order chi connectivity index (χ1) is 6.20. The van der Waals surface area contributed by atoms with Crippen LogP contribution in [0.4, 0.5) is 0 Å². The summed E-state index contributed by atoms with van der Waals surface area (Å²) in [6.45, 7) is 1.38. The van der Waals surface area contributed by atoms with Gasteiger partial charge in [-0.1, -0.05) is 0 Å². The van der Waals surface area contributed by atoms with Crippen LogP contribution in [0.3, 0.4) is 0 Å². The first-order valence-corrected chi connectivity index (χ1v) is 4.29. The second-order valence-corrected chi connectivity index (χ2v) is 2.97. The predicted octanol–water partition coefficient (Wildman–Crippen LogP) is -2.19. The molecule has 5 N–H and O–H groups in total. The minimum absolute atomic E-state index is 0.0168. The molecular weight excluding hydrogens is 172 g/mol. The van der Waals surface area contributed by atoms with Crippen LogP contribution in [0.2, 0.25) is 0 Å². The van der Waals surface area contributed by atoms with Crippen molar-refractivity contribution < 1.29 is 10.2 Å². The zero-order valence-electron chi connectivity index (χ0n) is 7.48. The fourth-order valence-corrected chi connectivity index (χ4v) is 1.44. The Labute approximate surface area is 77.0 Å². The van der Waals surface area contributed by atoms with Crippen LogP contribution in [-0.4, -0.2) is 65.0 Å². The maximum absolute atomic E-state index is 8.75. The molecule has 0 aliphatic carbocycles. The van der Waals surface area contributed by atoms with Crippen LogP contribution in [0.1, 0.15) is 0 Å². The number of nitrogens with two attached hydrogens (primary N) is 1. The van der Waals surface area contributed by atoms with Crippen molar-refractivity contribution in [1.29, 1.82) is 5.41 Å². The maximum atomic E-state index is 8.75. The van der Waals surface area contributed by atoms with Crippen molar-refractivity contribution in [1.82, 2.24) is 10.0 Å². The molecule has 13 heavy (non-hydrogen) atoms. The van der Waals surface area contributed by atoms with Gasteiger partial charge in [0.25, 0.3) is 0 Å². The highest BCUT2D eigenvalue weighted by molar-refractivity contribution is 5.86. The van der Waals surface area contributed by atoms with E-state index in [1.54, 1.807) is 10.0 Å². The third-order valence-corrected chi connectivity index (χ3v) is 2.05. The number of nitrogens with one attached hydrogen (secondary N) is 1. The maximum Gasteiger partial charge on any atom is 0.129 e. The number of aliphatic hydroxyl groups excluding tert-OH is 2. The Morgan fingerprint density at radius 2 is 2.00 bits per heavy atom. The Morgan fingerprint density at radius 3 is 2.54 bits per heavy atom. The number of rotatable bonds is 4. The van der Waals surface area contributed by atoms with Crippen LogP contribution < -0.4 is 5.73 Å². The first-order valence-electron chi connectivity index (χ1n) is 4.29. The van der Waals surface area contributed by atoms with Crippen molar-refractivity contribution in [2.45, 2.75) is 6.04 Å². The van der Waals surface area contributed by atoms with E-state index in [0.717, 1.165) is 0 Å². The summed E-state index contributed by atoms with van der Waals surface area (Å²) < 4.78 is 0. The van der Waals surface area contributed by atoms with Crippen LogP contribution in [0.25, 0.3) is 0 Å². The summed E-state index contributed by atoms with van der Waals surface area (Å²) in [4.78, 5) is 0. The van der Waals surface area contributed by atoms with Crippen molar-refractivity contribution in [2.75, 3.05) is 32.8 Å². The molecule has 0 aromatic heterocycles. The molecule has 6 nitrogen and oxygen atoms in total. The molecule has 0 radical (unpaired) electrons. The van der Waals surface area contributed by atoms with Crippen LogP contribution in [-0.2, 0) is 0 Å². The Morgan fingerprint density at radius 1 is 1.38 bits per heavy atom. The summed E-state index contributed by atoms with van der Waals surface area (Å²) in [5.41, 5.74) is 5.65. The second kappa shape index (κ2) is 4.52. The van der Waals surface area contributed by atoms with E-state index in [-0.39, 0.29) is 19.3 Å². The molecule has 1 fully saturated rings. The van der Waals surface area contributed by atoms with Gasteiger partial charge in [-0.3, -0.25) is 10.4 Å². The predicted molar refractivity (Wildman–Crippen MR) is 48.2 cm³/mol. The number of β-amino-alcohol motifs (C(OH)–C–C–N with tert-alkyl or cyclic N) is 2. The smallest absolute Gasteiger partial charge is 0.129 e. The van der Waals surface area contributed by atoms with Gasteiger partial charge in [-0.05, 0) is 0 Å². The highest BCUT2D eigenvalue weighted by Crippen LogP contribution is 2.10. The van der Waals surface area contributed by atoms with Gasteiger partial charge in [-0.25, -0.2) is 5.01 Å². The lowest BCUT2D eigenvalue weighted by Crippen LogP contribution is -2.42. The summed E-state index contributed by atoms with van der Waals surface area (Å²) in [6.07, 6.45) is 0. The highest BCUT2D eigenvalue weighted by Gasteiger charge is 2.31. The third kappa shape index (κ3) is 2.16. The number of nitrogens with zero attached hydrogens (tertiary/aromatic N) is 2. The molecule has 1 atom stereocenters. The lowest BCUT2D eigenvalue weighted by Gasteiger charge is -2.27. The molecule has 0 spiro atoms. The van der Waals surface area contributed by atoms with E-state index in [4.69, 9.17) is 21.4 Å². The Kier molecular flexibility index (Phi) is 3.61. The average molecular weight is 188 g/mol. The fourth-order valence-electron chi connectivity index (χ4n) is 1.44. The van der Waals surface area contributed by atoms with Crippen LogP contribution in [0.15, 0.2) is 0 Å². The number of hydrazine groups is 1. The molecule has 6 heteroatoms. The largest absolute Gasteiger partial charge is 0.395 e. The monoisotopic (exact) mass is 188 g/mol. The topological polar surface area (TPSA) is 96.8 Å². The number of aliphatic hydroxyl groups is 2. The molecule has 1 heterocycles. The minimum atomic E-state index is -0.307. The van der Waals surface area contributed by atoms with Crippen molar-refractivity contribution in [3.8, 4) is 0 Å². The molecule has 0 bridgehead atoms. The van der Waals surface area contributed by atoms with Gasteiger partial charge in [0.05, 0.1) is 25.8 Å². The highest BCUT2D eigenvalue weighted by atomic mass is 16.3. The zero-order chi connectivity index (χ0) is 9.84. The summed E-state index contributed by atoms with van der Waals surface area (Å²) in [7, 11) is 0. The summed E-state index contributed by atoms with van der Waals surface area (Å²) in [6, 6.07) is -0.307. The molecule has 1 saturated heterocycles. The first kappa shape index (κ1) is 10.4. The summed E-state index contributed by atoms with van der Waals surface area (Å²) in [5, 5.41) is 28.5. The van der Waals surface area contributed by atoms with E-state index >= 15 is 0 Å². The van der Waals surface area contributed by atoms with Gasteiger partial charge in [-0.2, -0.15) is 0 Å². The average Bonchev–Trinajstić information content (AvgIpc) is 2.34. The van der Waals surface area contributed by atoms with E-state index in [2.05, 4.69) is 0 Å². The van der Waals surface area contributed by atoms with E-state index in [1.165, 1.54) is 0 Å². The molecule has 1 unspecified atom stereocenters. The number of amidine groups is 1. The standard InChI is InChI=1S/C7H16N4O2/c8-6-5-10(1-3-12)11(2-4-13)7(6)9/h6,9,12-13H,1-5,8H2. The van der Waals surface area contributed by atoms with E-state index < -0.39 is 0 Å². The van der Waals surface area contributed by atoms with Gasteiger partial charge in [0, 0.05) is 13.1 Å². The van der Waals surface area contributed by atoms with Gasteiger partial charge in [0.1, 0.15) is 5.84 Å². The third-order valence-electron chi connectivity index (χ3n) is 2.05. The summed E-state index contributed by atoms with van der Waals surface area (Å²) in [5.74, 6) is 0.308. The van der Waals surface area contributed by atoms with Crippen molar-refractivity contribution in [3.05, 3.63) is 0 Å². The second-order valence-electron chi connectivity index (χ2n) is 2.97. The van der Waals surface area contributed by atoms with Crippen molar-refractivity contribution in [2.24, 2.45) is 5.73 Å². The van der Waals surface area contributed by atoms with E-state index in [9.17, 15) is 0 Å². The molecule has 0 aromatic rings. The normalized spacial score (nSPS) is 24.4. The van der Waals surface area contributed by atoms with Crippen LogP contribution >= 0.6 is 0 Å². The van der Waals surface area contributed by atoms with E-state index in [1.807, 2.05) is 0 Å². The molecular formula is C7H16N4O2. The Bertz CT molecular complexity index is 187. The Hall–Kier alpha value is -0.690. The van der Waals surface area contributed by atoms with E-state index in [0.29, 0.717) is 25.5 Å². The molecule has 0 saturated carbocycles. The zero-order valence-corrected chi connectivity index (χ0v) is 7.48. The van der Waals surface area contributed by atoms with Crippen LogP contribution in [0, 0.1) is 5.41 Å². The van der Waals surface area contributed by atoms with Gasteiger partial charge in [0.2, 0.25) is 0 Å². The molecule has 0 amide bonds. The van der Waals surface area contributed by atoms with Crippen molar-refractivity contribution >= 4 is 5.84 Å². The number of hydrogen-bond acceptors (Lipinski definition) is 5. The fraction of sp³-hybridized carbons (Fsp3) is 0.857. The van der Waals surface area contributed by atoms with Gasteiger partial charge in [0.15, 0.2) is 0 Å². The summed E-state index contributed by atoms with van der Waals surface area (Å²) >= 11 is 0. The van der Waals surface area contributed by atoms with Gasteiger partial charge < -0.3 is 15.9 Å². The molecule has 0 aromatic carbocycles. The minimum Gasteiger partial charge on any atom is -0.395 e.